The van der Waals surface area contributed by atoms with Crippen LogP contribution in [0.1, 0.15) is 42.1 Å². The summed E-state index contributed by atoms with van der Waals surface area (Å²) >= 11 is 0. The Morgan fingerprint density at radius 1 is 1.41 bits per heavy atom. The zero-order valence-corrected chi connectivity index (χ0v) is 10.4. The van der Waals surface area contributed by atoms with Gasteiger partial charge < -0.3 is 4.90 Å². The Morgan fingerprint density at radius 3 is 2.82 bits per heavy atom. The Hall–Kier alpha value is -1.82. The predicted molar refractivity (Wildman–Crippen MR) is 67.6 cm³/mol. The van der Waals surface area contributed by atoms with E-state index < -0.39 is 0 Å². The van der Waals surface area contributed by atoms with Crippen molar-refractivity contribution in [1.82, 2.24) is 4.90 Å². The van der Waals surface area contributed by atoms with E-state index in [4.69, 9.17) is 5.26 Å². The first-order valence-electron chi connectivity index (χ1n) is 5.94. The van der Waals surface area contributed by atoms with Crippen molar-refractivity contribution in [2.45, 2.75) is 26.2 Å². The summed E-state index contributed by atoms with van der Waals surface area (Å²) < 4.78 is 0. The van der Waals surface area contributed by atoms with Crippen molar-refractivity contribution < 1.29 is 4.79 Å². The van der Waals surface area contributed by atoms with Crippen LogP contribution in [0.4, 0.5) is 0 Å². The quantitative estimate of drug-likeness (QED) is 0.730. The van der Waals surface area contributed by atoms with Gasteiger partial charge in [-0.2, -0.15) is 5.26 Å². The SMILES string of the molecule is CCCCCN(C)C(=O)c1cccc(C#N)c1. The fourth-order valence-corrected chi connectivity index (χ4v) is 1.64. The van der Waals surface area contributed by atoms with Crippen LogP contribution in [0, 0.1) is 11.3 Å². The lowest BCUT2D eigenvalue weighted by Gasteiger charge is -2.16. The molecule has 0 bridgehead atoms. The van der Waals surface area contributed by atoms with Gasteiger partial charge in [-0.05, 0) is 24.6 Å². The molecule has 3 nitrogen and oxygen atoms in total. The van der Waals surface area contributed by atoms with Crippen LogP contribution in [0.25, 0.3) is 0 Å². The molecule has 1 aromatic rings. The summed E-state index contributed by atoms with van der Waals surface area (Å²) in [6.45, 7) is 2.90. The van der Waals surface area contributed by atoms with E-state index in [1.807, 2.05) is 6.07 Å². The van der Waals surface area contributed by atoms with Gasteiger partial charge in [0.15, 0.2) is 0 Å². The minimum absolute atomic E-state index is 0.0156. The van der Waals surface area contributed by atoms with Crippen molar-refractivity contribution in [2.24, 2.45) is 0 Å². The van der Waals surface area contributed by atoms with Gasteiger partial charge in [0.05, 0.1) is 11.6 Å². The van der Waals surface area contributed by atoms with Crippen molar-refractivity contribution in [3.63, 3.8) is 0 Å². The largest absolute Gasteiger partial charge is 0.342 e. The van der Waals surface area contributed by atoms with Crippen LogP contribution in [0.2, 0.25) is 0 Å². The maximum atomic E-state index is 12.0. The van der Waals surface area contributed by atoms with E-state index in [-0.39, 0.29) is 5.91 Å². The number of nitrogens with zero attached hydrogens (tertiary/aromatic N) is 2. The van der Waals surface area contributed by atoms with Gasteiger partial charge in [-0.1, -0.05) is 25.8 Å². The van der Waals surface area contributed by atoms with Crippen LogP contribution in [0.5, 0.6) is 0 Å². The Labute approximate surface area is 103 Å². The normalized spacial score (nSPS) is 9.71. The third-order valence-electron chi connectivity index (χ3n) is 2.68. The molecule has 0 fully saturated rings. The Balaban J connectivity index is 2.65. The monoisotopic (exact) mass is 230 g/mol. The van der Waals surface area contributed by atoms with E-state index in [0.717, 1.165) is 25.8 Å². The molecule has 1 aromatic carbocycles. The van der Waals surface area contributed by atoms with Crippen molar-refractivity contribution in [1.29, 1.82) is 5.26 Å². The summed E-state index contributed by atoms with van der Waals surface area (Å²) in [6.07, 6.45) is 3.30. The van der Waals surface area contributed by atoms with E-state index in [2.05, 4.69) is 6.92 Å². The molecule has 17 heavy (non-hydrogen) atoms. The van der Waals surface area contributed by atoms with Crippen LogP contribution >= 0.6 is 0 Å². The summed E-state index contributed by atoms with van der Waals surface area (Å²) in [6, 6.07) is 8.87. The summed E-state index contributed by atoms with van der Waals surface area (Å²) in [5.41, 5.74) is 1.11. The van der Waals surface area contributed by atoms with E-state index in [1.165, 1.54) is 0 Å². The Bertz CT molecular complexity index is 420. The Kier molecular flexibility index (Phi) is 5.22. The standard InChI is InChI=1S/C14H18N2O/c1-3-4-5-9-16(2)14(17)13-8-6-7-12(10-13)11-15/h6-8,10H,3-5,9H2,1-2H3. The number of hydrogen-bond donors (Lipinski definition) is 0. The van der Waals surface area contributed by atoms with Gasteiger partial charge in [0, 0.05) is 19.2 Å². The molecule has 90 valence electrons. The minimum atomic E-state index is -0.0156. The predicted octanol–water partition coefficient (Wildman–Crippen LogP) is 2.82. The Morgan fingerprint density at radius 2 is 2.18 bits per heavy atom. The van der Waals surface area contributed by atoms with Crippen molar-refractivity contribution in [2.75, 3.05) is 13.6 Å². The zero-order chi connectivity index (χ0) is 12.7. The highest BCUT2D eigenvalue weighted by Crippen LogP contribution is 2.08. The molecule has 0 unspecified atom stereocenters. The molecule has 0 aliphatic carbocycles. The van der Waals surface area contributed by atoms with Crippen molar-refractivity contribution >= 4 is 5.91 Å². The second kappa shape index (κ2) is 6.70. The summed E-state index contributed by atoms with van der Waals surface area (Å²) in [5, 5.41) is 8.78. The topological polar surface area (TPSA) is 44.1 Å². The molecule has 0 radical (unpaired) electrons. The fourth-order valence-electron chi connectivity index (χ4n) is 1.64. The van der Waals surface area contributed by atoms with Gasteiger partial charge in [0.1, 0.15) is 0 Å². The molecular formula is C14H18N2O. The lowest BCUT2D eigenvalue weighted by Crippen LogP contribution is -2.27. The van der Waals surface area contributed by atoms with E-state index in [0.29, 0.717) is 11.1 Å². The smallest absolute Gasteiger partial charge is 0.253 e. The summed E-state index contributed by atoms with van der Waals surface area (Å²) in [7, 11) is 1.80. The lowest BCUT2D eigenvalue weighted by molar-refractivity contribution is 0.0792. The number of unbranched alkanes of at least 4 members (excludes halogenated alkanes) is 2. The third-order valence-corrected chi connectivity index (χ3v) is 2.68. The fraction of sp³-hybridized carbons (Fsp3) is 0.429. The van der Waals surface area contributed by atoms with Gasteiger partial charge in [-0.25, -0.2) is 0 Å². The second-order valence-electron chi connectivity index (χ2n) is 4.13. The molecular weight excluding hydrogens is 212 g/mol. The molecule has 0 aliphatic rings. The van der Waals surface area contributed by atoms with Gasteiger partial charge in [-0.3, -0.25) is 4.79 Å². The van der Waals surface area contributed by atoms with Gasteiger partial charge in [0.25, 0.3) is 5.91 Å². The average molecular weight is 230 g/mol. The molecule has 0 saturated heterocycles. The highest BCUT2D eigenvalue weighted by atomic mass is 16.2. The maximum Gasteiger partial charge on any atom is 0.253 e. The third kappa shape index (κ3) is 3.92. The molecule has 0 aromatic heterocycles. The number of benzene rings is 1. The molecule has 1 rings (SSSR count). The maximum absolute atomic E-state index is 12.0. The highest BCUT2D eigenvalue weighted by Gasteiger charge is 2.11. The average Bonchev–Trinajstić information content (AvgIpc) is 2.38. The van der Waals surface area contributed by atoms with E-state index in [9.17, 15) is 4.79 Å². The molecule has 3 heteroatoms. The number of hydrogen-bond acceptors (Lipinski definition) is 2. The highest BCUT2D eigenvalue weighted by molar-refractivity contribution is 5.94. The first kappa shape index (κ1) is 13.2. The first-order chi connectivity index (χ1) is 8.19. The van der Waals surface area contributed by atoms with Crippen molar-refractivity contribution in [3.8, 4) is 6.07 Å². The van der Waals surface area contributed by atoms with E-state index >= 15 is 0 Å². The van der Waals surface area contributed by atoms with Crippen LogP contribution in [-0.4, -0.2) is 24.4 Å². The second-order valence-corrected chi connectivity index (χ2v) is 4.13. The number of rotatable bonds is 5. The van der Waals surface area contributed by atoms with Crippen LogP contribution in [-0.2, 0) is 0 Å². The zero-order valence-electron chi connectivity index (χ0n) is 10.4. The van der Waals surface area contributed by atoms with Gasteiger partial charge in [-0.15, -0.1) is 0 Å². The molecule has 0 aliphatic heterocycles. The number of carbonyl (C=O) groups excluding carboxylic acids is 1. The first-order valence-corrected chi connectivity index (χ1v) is 5.94. The molecule has 0 heterocycles. The molecule has 0 saturated carbocycles. The van der Waals surface area contributed by atoms with Crippen molar-refractivity contribution in [3.05, 3.63) is 35.4 Å². The molecule has 0 spiro atoms. The minimum Gasteiger partial charge on any atom is -0.342 e. The summed E-state index contributed by atoms with van der Waals surface area (Å²) in [4.78, 5) is 13.7. The van der Waals surface area contributed by atoms with Gasteiger partial charge >= 0.3 is 0 Å². The number of nitriles is 1. The van der Waals surface area contributed by atoms with Gasteiger partial charge in [0.2, 0.25) is 0 Å². The lowest BCUT2D eigenvalue weighted by atomic mass is 10.1. The number of carbonyl (C=O) groups is 1. The number of amides is 1. The van der Waals surface area contributed by atoms with E-state index in [1.54, 1.807) is 36.2 Å². The molecule has 0 N–H and O–H groups in total. The van der Waals surface area contributed by atoms with Crippen LogP contribution in [0.15, 0.2) is 24.3 Å². The summed E-state index contributed by atoms with van der Waals surface area (Å²) in [5.74, 6) is -0.0156. The molecule has 1 amide bonds. The molecule has 0 atom stereocenters. The van der Waals surface area contributed by atoms with Crippen LogP contribution < -0.4 is 0 Å². The van der Waals surface area contributed by atoms with Crippen LogP contribution in [0.3, 0.4) is 0 Å².